The molecule has 0 fully saturated rings. The van der Waals surface area contributed by atoms with E-state index in [9.17, 15) is 4.79 Å². The van der Waals surface area contributed by atoms with Gasteiger partial charge < -0.3 is 10.1 Å². The fourth-order valence-electron chi connectivity index (χ4n) is 1.69. The molecule has 102 valence electrons. The van der Waals surface area contributed by atoms with Gasteiger partial charge in [0.25, 0.3) is 0 Å². The second-order valence-electron chi connectivity index (χ2n) is 4.03. The molecule has 0 saturated carbocycles. The molecule has 0 bridgehead atoms. The quantitative estimate of drug-likeness (QED) is 0.856. The summed E-state index contributed by atoms with van der Waals surface area (Å²) in [6.45, 7) is 2.77. The Morgan fingerprint density at radius 1 is 1.40 bits per heavy atom. The lowest BCUT2D eigenvalue weighted by Crippen LogP contribution is -2.05. The van der Waals surface area contributed by atoms with E-state index < -0.39 is 0 Å². The van der Waals surface area contributed by atoms with Crippen LogP contribution in [0.15, 0.2) is 36.4 Å². The summed E-state index contributed by atoms with van der Waals surface area (Å²) in [7, 11) is 0. The third kappa shape index (κ3) is 3.59. The zero-order valence-corrected chi connectivity index (χ0v) is 11.9. The molecule has 0 saturated heterocycles. The van der Waals surface area contributed by atoms with Crippen molar-refractivity contribution in [1.29, 1.82) is 5.26 Å². The summed E-state index contributed by atoms with van der Waals surface area (Å²) in [5, 5.41) is 12.0. The molecule has 2 aromatic rings. The van der Waals surface area contributed by atoms with E-state index in [4.69, 9.17) is 10.00 Å². The van der Waals surface area contributed by atoms with E-state index in [-0.39, 0.29) is 5.97 Å². The molecule has 1 aromatic carbocycles. The monoisotopic (exact) mass is 286 g/mol. The van der Waals surface area contributed by atoms with Gasteiger partial charge in [-0.15, -0.1) is 11.3 Å². The highest BCUT2D eigenvalue weighted by Gasteiger charge is 2.06. The van der Waals surface area contributed by atoms with E-state index in [2.05, 4.69) is 11.4 Å². The fraction of sp³-hybridized carbons (Fsp3) is 0.200. The van der Waals surface area contributed by atoms with Gasteiger partial charge in [-0.2, -0.15) is 5.26 Å². The highest BCUT2D eigenvalue weighted by atomic mass is 32.1. The largest absolute Gasteiger partial charge is 0.462 e. The number of nitrogens with one attached hydrogen (secondary N) is 1. The lowest BCUT2D eigenvalue weighted by atomic mass is 10.2. The van der Waals surface area contributed by atoms with E-state index in [1.165, 1.54) is 11.3 Å². The van der Waals surface area contributed by atoms with Crippen molar-refractivity contribution < 1.29 is 9.53 Å². The Kier molecular flexibility index (Phi) is 4.75. The van der Waals surface area contributed by atoms with Crippen LogP contribution < -0.4 is 5.32 Å². The van der Waals surface area contributed by atoms with Gasteiger partial charge in [0.1, 0.15) is 10.9 Å². The van der Waals surface area contributed by atoms with E-state index >= 15 is 0 Å². The standard InChI is InChI=1S/C15H14N2O2S/c1-2-19-15(18)11-4-3-5-12(8-11)17-10-14-7-6-13(9-16)20-14/h3-8,17H,2,10H2,1H3. The molecule has 0 aliphatic carbocycles. The van der Waals surface area contributed by atoms with Crippen LogP contribution in [0.1, 0.15) is 27.0 Å². The topological polar surface area (TPSA) is 62.1 Å². The fourth-order valence-corrected chi connectivity index (χ4v) is 2.44. The number of thiophene rings is 1. The molecule has 5 heteroatoms. The van der Waals surface area contributed by atoms with Crippen LogP contribution in [0.5, 0.6) is 0 Å². The van der Waals surface area contributed by atoms with Gasteiger partial charge >= 0.3 is 5.97 Å². The van der Waals surface area contributed by atoms with Crippen molar-refractivity contribution in [2.75, 3.05) is 11.9 Å². The summed E-state index contributed by atoms with van der Waals surface area (Å²) in [5.74, 6) is -0.320. The van der Waals surface area contributed by atoms with Gasteiger partial charge in [-0.05, 0) is 37.3 Å². The average Bonchev–Trinajstić information content (AvgIpc) is 2.94. The summed E-state index contributed by atoms with van der Waals surface area (Å²) in [4.78, 5) is 13.4. The predicted molar refractivity (Wildman–Crippen MR) is 78.8 cm³/mol. The maximum atomic E-state index is 11.6. The van der Waals surface area contributed by atoms with Crippen LogP contribution in [0.4, 0.5) is 5.69 Å². The zero-order chi connectivity index (χ0) is 14.4. The minimum Gasteiger partial charge on any atom is -0.462 e. The number of hydrogen-bond donors (Lipinski definition) is 1. The minimum absolute atomic E-state index is 0.320. The van der Waals surface area contributed by atoms with Gasteiger partial charge in [0.05, 0.1) is 12.2 Å². The molecule has 1 aromatic heterocycles. The van der Waals surface area contributed by atoms with E-state index in [0.717, 1.165) is 10.6 Å². The van der Waals surface area contributed by atoms with Gasteiger partial charge in [-0.1, -0.05) is 6.07 Å². The number of carbonyl (C=O) groups is 1. The Bertz CT molecular complexity index is 643. The number of esters is 1. The van der Waals surface area contributed by atoms with Crippen LogP contribution in [0.3, 0.4) is 0 Å². The number of anilines is 1. The van der Waals surface area contributed by atoms with E-state index in [1.807, 2.05) is 18.2 Å². The van der Waals surface area contributed by atoms with Gasteiger partial charge in [-0.25, -0.2) is 4.79 Å². The highest BCUT2D eigenvalue weighted by molar-refractivity contribution is 7.12. The van der Waals surface area contributed by atoms with Crippen LogP contribution in [0.25, 0.3) is 0 Å². The molecule has 20 heavy (non-hydrogen) atoms. The summed E-state index contributed by atoms with van der Waals surface area (Å²) in [6, 6.07) is 13.0. The summed E-state index contributed by atoms with van der Waals surface area (Å²) >= 11 is 1.46. The number of hydrogen-bond acceptors (Lipinski definition) is 5. The molecule has 1 N–H and O–H groups in total. The first kappa shape index (κ1) is 14.1. The molecular weight excluding hydrogens is 272 g/mol. The smallest absolute Gasteiger partial charge is 0.338 e. The van der Waals surface area contributed by atoms with Crippen molar-refractivity contribution >= 4 is 23.0 Å². The molecule has 0 amide bonds. The highest BCUT2D eigenvalue weighted by Crippen LogP contribution is 2.18. The van der Waals surface area contributed by atoms with Gasteiger partial charge in [-0.3, -0.25) is 0 Å². The summed E-state index contributed by atoms with van der Waals surface area (Å²) in [5.41, 5.74) is 1.38. The Labute approximate surface area is 121 Å². The van der Waals surface area contributed by atoms with E-state index in [1.54, 1.807) is 25.1 Å². The second kappa shape index (κ2) is 6.73. The van der Waals surface area contributed by atoms with Crippen LogP contribution in [0.2, 0.25) is 0 Å². The maximum absolute atomic E-state index is 11.6. The molecule has 4 nitrogen and oxygen atoms in total. The zero-order valence-electron chi connectivity index (χ0n) is 11.1. The lowest BCUT2D eigenvalue weighted by Gasteiger charge is -2.07. The number of rotatable bonds is 5. The molecular formula is C15H14N2O2S. The third-order valence-corrected chi connectivity index (χ3v) is 3.60. The van der Waals surface area contributed by atoms with Crippen LogP contribution in [-0.4, -0.2) is 12.6 Å². The van der Waals surface area contributed by atoms with Crippen LogP contribution in [0, 0.1) is 11.3 Å². The molecule has 0 atom stereocenters. The molecule has 0 radical (unpaired) electrons. The summed E-state index contributed by atoms with van der Waals surface area (Å²) in [6.07, 6.45) is 0. The van der Waals surface area contributed by atoms with Gasteiger partial charge in [0, 0.05) is 17.1 Å². The Morgan fingerprint density at radius 3 is 2.95 bits per heavy atom. The van der Waals surface area contributed by atoms with E-state index in [0.29, 0.717) is 23.6 Å². The van der Waals surface area contributed by atoms with Crippen molar-refractivity contribution in [3.05, 3.63) is 51.7 Å². The first-order valence-corrected chi connectivity index (χ1v) is 7.04. The third-order valence-electron chi connectivity index (χ3n) is 2.61. The summed E-state index contributed by atoms with van der Waals surface area (Å²) < 4.78 is 4.96. The number of carbonyl (C=O) groups excluding carboxylic acids is 1. The lowest BCUT2D eigenvalue weighted by molar-refractivity contribution is 0.0526. The second-order valence-corrected chi connectivity index (χ2v) is 5.20. The minimum atomic E-state index is -0.320. The molecule has 0 spiro atoms. The molecule has 1 heterocycles. The van der Waals surface area contributed by atoms with Crippen molar-refractivity contribution in [2.24, 2.45) is 0 Å². The van der Waals surface area contributed by atoms with Crippen molar-refractivity contribution in [1.82, 2.24) is 0 Å². The number of nitrogens with zero attached hydrogens (tertiary/aromatic N) is 1. The van der Waals surface area contributed by atoms with Crippen LogP contribution in [-0.2, 0) is 11.3 Å². The Hall–Kier alpha value is -2.32. The molecule has 0 aliphatic rings. The number of benzene rings is 1. The molecule has 0 unspecified atom stereocenters. The van der Waals surface area contributed by atoms with Gasteiger partial charge in [0.2, 0.25) is 0 Å². The normalized spacial score (nSPS) is 9.80. The predicted octanol–water partition coefficient (Wildman–Crippen LogP) is 3.41. The maximum Gasteiger partial charge on any atom is 0.338 e. The average molecular weight is 286 g/mol. The first-order valence-electron chi connectivity index (χ1n) is 6.23. The molecule has 0 aliphatic heterocycles. The van der Waals surface area contributed by atoms with Crippen molar-refractivity contribution in [3.63, 3.8) is 0 Å². The Morgan fingerprint density at radius 2 is 2.25 bits per heavy atom. The number of ether oxygens (including phenoxy) is 1. The van der Waals surface area contributed by atoms with Crippen molar-refractivity contribution in [3.8, 4) is 6.07 Å². The molecule has 2 rings (SSSR count). The Balaban J connectivity index is 2.01. The first-order chi connectivity index (χ1) is 9.72. The number of nitriles is 1. The van der Waals surface area contributed by atoms with Crippen molar-refractivity contribution in [2.45, 2.75) is 13.5 Å². The van der Waals surface area contributed by atoms with Crippen LogP contribution >= 0.6 is 11.3 Å². The van der Waals surface area contributed by atoms with Gasteiger partial charge in [0.15, 0.2) is 0 Å². The SMILES string of the molecule is CCOC(=O)c1cccc(NCc2ccc(C#N)s2)c1.